The van der Waals surface area contributed by atoms with Crippen LogP contribution in [0.25, 0.3) is 0 Å². The van der Waals surface area contributed by atoms with Crippen LogP contribution in [-0.4, -0.2) is 22.6 Å². The van der Waals surface area contributed by atoms with Gasteiger partial charge in [-0.25, -0.2) is 9.78 Å². The summed E-state index contributed by atoms with van der Waals surface area (Å²) in [6, 6.07) is 6.17. The third kappa shape index (κ3) is 3.74. The van der Waals surface area contributed by atoms with Crippen LogP contribution in [0.4, 0.5) is 11.4 Å². The largest absolute Gasteiger partial charge is 0.476 e. The Kier molecular flexibility index (Phi) is 5.33. The van der Waals surface area contributed by atoms with Crippen molar-refractivity contribution in [3.63, 3.8) is 0 Å². The maximum Gasteiger partial charge on any atom is 0.355 e. The number of hydrogen-bond acceptors (Lipinski definition) is 8. The first kappa shape index (κ1) is 18.7. The van der Waals surface area contributed by atoms with Crippen molar-refractivity contribution in [2.24, 2.45) is 5.73 Å². The first-order chi connectivity index (χ1) is 12.9. The summed E-state index contributed by atoms with van der Waals surface area (Å²) in [4.78, 5) is 38.2. The van der Waals surface area contributed by atoms with Crippen molar-refractivity contribution in [1.29, 1.82) is 0 Å². The highest BCUT2D eigenvalue weighted by atomic mass is 32.1. The minimum atomic E-state index is -0.966. The number of anilines is 2. The summed E-state index contributed by atoms with van der Waals surface area (Å²) in [5, 5.41) is 9.71. The molecule has 4 rings (SSSR count). The third-order valence-electron chi connectivity index (χ3n) is 4.41. The lowest BCUT2D eigenvalue weighted by molar-refractivity contribution is 0.0691. The molecule has 1 aromatic heterocycles. The Morgan fingerprint density at radius 2 is 2.04 bits per heavy atom. The summed E-state index contributed by atoms with van der Waals surface area (Å²) in [6.07, 6.45) is 0.846. The number of benzene rings is 1. The van der Waals surface area contributed by atoms with Crippen molar-refractivity contribution in [2.75, 3.05) is 17.2 Å². The molecule has 0 saturated heterocycles. The van der Waals surface area contributed by atoms with Crippen LogP contribution in [0.1, 0.15) is 27.2 Å². The smallest absolute Gasteiger partial charge is 0.355 e. The molecule has 0 amide bonds. The Labute approximate surface area is 158 Å². The number of nitrogen functional groups attached to an aromatic ring is 1. The van der Waals surface area contributed by atoms with Gasteiger partial charge in [-0.05, 0) is 23.1 Å². The monoisotopic (exact) mass is 386 g/mol. The van der Waals surface area contributed by atoms with Crippen LogP contribution in [0.2, 0.25) is 0 Å². The average Bonchev–Trinajstić information content (AvgIpc) is 3.23. The molecule has 0 fully saturated rings. The molecule has 8 nitrogen and oxygen atoms in total. The van der Waals surface area contributed by atoms with Crippen LogP contribution in [-0.2, 0) is 19.5 Å². The fraction of sp³-hybridized carbons (Fsp3) is 0.222. The van der Waals surface area contributed by atoms with Gasteiger partial charge in [-0.3, -0.25) is 9.59 Å². The van der Waals surface area contributed by atoms with E-state index in [0.717, 1.165) is 17.5 Å². The molecule has 3 aromatic rings. The molecule has 140 valence electrons. The fourth-order valence-corrected chi connectivity index (χ4v) is 3.48. The highest BCUT2D eigenvalue weighted by Crippen LogP contribution is 2.26. The van der Waals surface area contributed by atoms with E-state index in [2.05, 4.69) is 17.1 Å². The van der Waals surface area contributed by atoms with E-state index in [-0.39, 0.29) is 11.4 Å². The second kappa shape index (κ2) is 7.68. The van der Waals surface area contributed by atoms with Crippen LogP contribution in [0.3, 0.4) is 0 Å². The molecule has 0 saturated carbocycles. The molecule has 0 radical (unpaired) electrons. The Hall–Kier alpha value is -3.04. The maximum atomic E-state index is 11.6. The number of carboxylic acids is 1. The van der Waals surface area contributed by atoms with Crippen molar-refractivity contribution < 1.29 is 9.90 Å². The van der Waals surface area contributed by atoms with Gasteiger partial charge in [0.05, 0.1) is 5.51 Å². The number of hydrogen-bond donors (Lipinski definition) is 3. The van der Waals surface area contributed by atoms with E-state index in [4.69, 9.17) is 16.6 Å². The summed E-state index contributed by atoms with van der Waals surface area (Å²) in [5.41, 5.74) is 15.8. The number of nitrogens with two attached hydrogens (primary N) is 2. The third-order valence-corrected chi connectivity index (χ3v) is 4.99. The molecule has 1 aliphatic heterocycles. The van der Waals surface area contributed by atoms with Gasteiger partial charge in [0.1, 0.15) is 11.4 Å². The van der Waals surface area contributed by atoms with Crippen molar-refractivity contribution in [3.8, 4) is 0 Å². The lowest BCUT2D eigenvalue weighted by atomic mass is 9.96. The molecule has 1 aliphatic rings. The highest BCUT2D eigenvalue weighted by Gasteiger charge is 2.26. The van der Waals surface area contributed by atoms with E-state index < -0.39 is 16.8 Å². The van der Waals surface area contributed by atoms with E-state index >= 15 is 0 Å². The van der Waals surface area contributed by atoms with E-state index in [1.165, 1.54) is 27.8 Å². The highest BCUT2D eigenvalue weighted by molar-refractivity contribution is 7.07. The second-order valence-corrected chi connectivity index (χ2v) is 6.80. The minimum absolute atomic E-state index is 0.100. The molecule has 0 atom stereocenters. The molecule has 27 heavy (non-hydrogen) atoms. The summed E-state index contributed by atoms with van der Waals surface area (Å²) >= 11 is 1.28. The zero-order chi connectivity index (χ0) is 19.6. The Balaban J connectivity index is 0.000000221. The Bertz CT molecular complexity index is 1040. The molecule has 0 unspecified atom stereocenters. The molecular weight excluding hydrogens is 368 g/mol. The van der Waals surface area contributed by atoms with Gasteiger partial charge < -0.3 is 21.5 Å². The van der Waals surface area contributed by atoms with E-state index in [9.17, 15) is 14.4 Å². The number of carboxylic acid groups (broad SMARTS) is 1. The van der Waals surface area contributed by atoms with Gasteiger partial charge in [0.15, 0.2) is 5.69 Å². The number of fused-ring (bicyclic) bond motifs is 1. The molecular formula is C18H18N4O4S. The number of rotatable bonds is 3. The van der Waals surface area contributed by atoms with E-state index in [1.54, 1.807) is 0 Å². The van der Waals surface area contributed by atoms with Crippen molar-refractivity contribution in [3.05, 3.63) is 71.9 Å². The summed E-state index contributed by atoms with van der Waals surface area (Å²) < 4.78 is 0. The minimum Gasteiger partial charge on any atom is -0.476 e. The van der Waals surface area contributed by atoms with Gasteiger partial charge in [-0.1, -0.05) is 18.2 Å². The zero-order valence-electron chi connectivity index (χ0n) is 14.3. The van der Waals surface area contributed by atoms with Gasteiger partial charge >= 0.3 is 5.97 Å². The molecule has 2 heterocycles. The predicted molar refractivity (Wildman–Crippen MR) is 104 cm³/mol. The second-order valence-electron chi connectivity index (χ2n) is 6.08. The number of nitrogens with zero attached hydrogens (tertiary/aromatic N) is 2. The average molecular weight is 386 g/mol. The number of carbonyl (C=O) groups is 1. The molecule has 0 spiro atoms. The fourth-order valence-electron chi connectivity index (χ4n) is 2.96. The molecule has 2 aromatic carbocycles. The number of thiazole rings is 1. The first-order valence-electron chi connectivity index (χ1n) is 8.18. The quantitative estimate of drug-likeness (QED) is 0.560. The van der Waals surface area contributed by atoms with Crippen LogP contribution < -0.4 is 27.2 Å². The summed E-state index contributed by atoms with van der Waals surface area (Å²) in [7, 11) is 0. The first-order valence-corrected chi connectivity index (χ1v) is 9.12. The summed E-state index contributed by atoms with van der Waals surface area (Å²) in [5.74, 6) is -0.966. The van der Waals surface area contributed by atoms with Crippen LogP contribution in [0.5, 0.6) is 0 Å². The van der Waals surface area contributed by atoms with E-state index in [0.29, 0.717) is 25.3 Å². The van der Waals surface area contributed by atoms with Crippen LogP contribution in [0.15, 0.2) is 38.7 Å². The van der Waals surface area contributed by atoms with Gasteiger partial charge in [-0.15, -0.1) is 11.3 Å². The Morgan fingerprint density at radius 3 is 2.59 bits per heavy atom. The molecule has 0 aliphatic carbocycles. The van der Waals surface area contributed by atoms with E-state index in [1.807, 2.05) is 11.0 Å². The van der Waals surface area contributed by atoms with Crippen LogP contribution in [0, 0.1) is 0 Å². The number of aromatic nitrogens is 1. The normalized spacial score (nSPS) is 13.0. The van der Waals surface area contributed by atoms with Gasteiger partial charge in [-0.2, -0.15) is 0 Å². The standard InChI is InChI=1S/C14H15N3O2.C4H3NO2S/c15-6-8-1-2-9-3-4-17(7-10(9)5-8)12-11(16)13(18)14(12)19;6-4(7)3-1-8-2-5-3/h1-2,5H,3-4,6-7,15-16H2;1-2H,(H,6,7). The van der Waals surface area contributed by atoms with Crippen molar-refractivity contribution >= 4 is 28.7 Å². The van der Waals surface area contributed by atoms with Gasteiger partial charge in [0, 0.05) is 25.0 Å². The SMILES string of the molecule is NCc1ccc2c(c1)CN(c1c(N)c(=O)c1=O)CC2.O=C(O)c1cscn1. The maximum absolute atomic E-state index is 11.6. The van der Waals surface area contributed by atoms with Gasteiger partial charge in [0.2, 0.25) is 0 Å². The van der Waals surface area contributed by atoms with Crippen molar-refractivity contribution in [1.82, 2.24) is 4.98 Å². The summed E-state index contributed by atoms with van der Waals surface area (Å²) in [6.45, 7) is 1.82. The zero-order valence-corrected chi connectivity index (χ0v) is 15.2. The topological polar surface area (TPSA) is 140 Å². The molecule has 0 bridgehead atoms. The lowest BCUT2D eigenvalue weighted by Gasteiger charge is -2.31. The van der Waals surface area contributed by atoms with Crippen LogP contribution >= 0.6 is 11.3 Å². The van der Waals surface area contributed by atoms with Gasteiger partial charge in [0.25, 0.3) is 10.9 Å². The number of aromatic carboxylic acids is 1. The lowest BCUT2D eigenvalue weighted by Crippen LogP contribution is -2.44. The Morgan fingerprint density at radius 1 is 1.26 bits per heavy atom. The van der Waals surface area contributed by atoms with Crippen molar-refractivity contribution in [2.45, 2.75) is 19.5 Å². The molecule has 5 N–H and O–H groups in total. The molecule has 9 heteroatoms. The predicted octanol–water partition coefficient (Wildman–Crippen LogP) is 0.728.